The fourth-order valence-corrected chi connectivity index (χ4v) is 1.98. The van der Waals surface area contributed by atoms with Crippen LogP contribution in [0.1, 0.15) is 22.8 Å². The predicted octanol–water partition coefficient (Wildman–Crippen LogP) is 3.96. The summed E-state index contributed by atoms with van der Waals surface area (Å²) in [4.78, 5) is 23.1. The fourth-order valence-electron chi connectivity index (χ4n) is 1.98. The normalized spacial score (nSPS) is 11.0. The lowest BCUT2D eigenvalue weighted by atomic mass is 10.1. The van der Waals surface area contributed by atoms with E-state index in [0.717, 1.165) is 12.1 Å². The Bertz CT molecular complexity index is 740. The summed E-state index contributed by atoms with van der Waals surface area (Å²) >= 11 is 0. The minimum atomic E-state index is -4.41. The van der Waals surface area contributed by atoms with Gasteiger partial charge in [0.2, 0.25) is 5.91 Å². The summed E-state index contributed by atoms with van der Waals surface area (Å²) in [6, 6.07) is 10.9. The highest BCUT2D eigenvalue weighted by atomic mass is 19.4. The van der Waals surface area contributed by atoms with Gasteiger partial charge in [0.25, 0.3) is 0 Å². The van der Waals surface area contributed by atoms with Gasteiger partial charge in [-0.05, 0) is 43.3 Å². The van der Waals surface area contributed by atoms with Gasteiger partial charge in [-0.1, -0.05) is 12.1 Å². The summed E-state index contributed by atoms with van der Waals surface area (Å²) in [5.41, 5.74) is 0.611. The number of carbonyl (C=O) groups excluding carboxylic acids is 2. The first kappa shape index (κ1) is 17.5. The highest BCUT2D eigenvalue weighted by molar-refractivity contribution is 5.96. The molecule has 2 rings (SSSR count). The van der Waals surface area contributed by atoms with E-state index in [2.05, 4.69) is 10.6 Å². The number of halogens is 3. The Labute approximate surface area is 136 Å². The minimum absolute atomic E-state index is 0.0810. The Hall–Kier alpha value is -2.83. The molecule has 0 spiro atoms. The Morgan fingerprint density at radius 3 is 2.25 bits per heavy atom. The van der Waals surface area contributed by atoms with Crippen LogP contribution >= 0.6 is 0 Å². The lowest BCUT2D eigenvalue weighted by Gasteiger charge is -2.10. The molecule has 0 saturated heterocycles. The molecule has 0 aliphatic carbocycles. The second-order valence-corrected chi connectivity index (χ2v) is 5.11. The molecule has 0 aromatic heterocycles. The molecule has 24 heavy (non-hydrogen) atoms. The third kappa shape index (κ3) is 4.84. The highest BCUT2D eigenvalue weighted by Gasteiger charge is 2.29. The van der Waals surface area contributed by atoms with Crippen LogP contribution in [-0.2, 0) is 11.0 Å². The van der Waals surface area contributed by atoms with E-state index in [9.17, 15) is 22.8 Å². The van der Waals surface area contributed by atoms with Crippen LogP contribution in [0.15, 0.2) is 48.5 Å². The summed E-state index contributed by atoms with van der Waals surface area (Å²) in [7, 11) is 0. The smallest absolute Gasteiger partial charge is 0.376 e. The lowest BCUT2D eigenvalue weighted by Crippen LogP contribution is -2.21. The standard InChI is InChI=1S/C17H15F3N2O2/c1-11(23)12-3-2-4-15(9-12)21-10-16(24)22-14-7-5-13(6-8-14)17(18,19)20/h2-9,21H,10H2,1H3,(H,22,24). The number of hydrogen-bond donors (Lipinski definition) is 2. The third-order valence-electron chi connectivity index (χ3n) is 3.22. The molecule has 0 bridgehead atoms. The van der Waals surface area contributed by atoms with E-state index in [0.29, 0.717) is 11.3 Å². The maximum absolute atomic E-state index is 12.5. The molecule has 4 nitrogen and oxygen atoms in total. The summed E-state index contributed by atoms with van der Waals surface area (Å²) in [6.45, 7) is 1.36. The van der Waals surface area contributed by atoms with Crippen molar-refractivity contribution in [3.63, 3.8) is 0 Å². The van der Waals surface area contributed by atoms with Crippen molar-refractivity contribution in [1.82, 2.24) is 0 Å². The van der Waals surface area contributed by atoms with Crippen molar-refractivity contribution in [3.05, 3.63) is 59.7 Å². The Morgan fingerprint density at radius 1 is 1.00 bits per heavy atom. The van der Waals surface area contributed by atoms with Gasteiger partial charge in [0, 0.05) is 16.9 Å². The monoisotopic (exact) mass is 336 g/mol. The van der Waals surface area contributed by atoms with Crippen LogP contribution < -0.4 is 10.6 Å². The van der Waals surface area contributed by atoms with Crippen molar-refractivity contribution in [1.29, 1.82) is 0 Å². The summed E-state index contributed by atoms with van der Waals surface area (Å²) in [5.74, 6) is -0.504. The molecular formula is C17H15F3N2O2. The van der Waals surface area contributed by atoms with E-state index >= 15 is 0 Å². The van der Waals surface area contributed by atoms with Crippen molar-refractivity contribution in [2.24, 2.45) is 0 Å². The molecule has 0 unspecified atom stereocenters. The molecule has 0 heterocycles. The number of alkyl halides is 3. The average molecular weight is 336 g/mol. The van der Waals surface area contributed by atoms with Gasteiger partial charge in [-0.3, -0.25) is 9.59 Å². The van der Waals surface area contributed by atoms with Crippen LogP contribution in [0.5, 0.6) is 0 Å². The van der Waals surface area contributed by atoms with Crippen LogP contribution in [-0.4, -0.2) is 18.2 Å². The van der Waals surface area contributed by atoms with Gasteiger partial charge < -0.3 is 10.6 Å². The van der Waals surface area contributed by atoms with Crippen molar-refractivity contribution in [2.45, 2.75) is 13.1 Å². The van der Waals surface area contributed by atoms with E-state index in [1.54, 1.807) is 24.3 Å². The zero-order valence-corrected chi connectivity index (χ0v) is 12.8. The summed E-state index contributed by atoms with van der Waals surface area (Å²) in [5, 5.41) is 5.34. The van der Waals surface area contributed by atoms with Crippen molar-refractivity contribution in [2.75, 3.05) is 17.2 Å². The van der Waals surface area contributed by atoms with Gasteiger partial charge >= 0.3 is 6.18 Å². The topological polar surface area (TPSA) is 58.2 Å². The van der Waals surface area contributed by atoms with Gasteiger partial charge in [0.15, 0.2) is 5.78 Å². The SMILES string of the molecule is CC(=O)c1cccc(NCC(=O)Nc2ccc(C(F)(F)F)cc2)c1. The number of Topliss-reactive ketones (excluding diaryl/α,β-unsaturated/α-hetero) is 1. The molecular weight excluding hydrogens is 321 g/mol. The number of ketones is 1. The van der Waals surface area contributed by atoms with Crippen molar-refractivity contribution < 1.29 is 22.8 Å². The van der Waals surface area contributed by atoms with Crippen LogP contribution in [0.3, 0.4) is 0 Å². The molecule has 0 saturated carbocycles. The van der Waals surface area contributed by atoms with E-state index in [-0.39, 0.29) is 18.0 Å². The highest BCUT2D eigenvalue weighted by Crippen LogP contribution is 2.29. The van der Waals surface area contributed by atoms with E-state index < -0.39 is 17.6 Å². The number of rotatable bonds is 5. The van der Waals surface area contributed by atoms with Gasteiger partial charge in [-0.25, -0.2) is 0 Å². The third-order valence-corrected chi connectivity index (χ3v) is 3.22. The molecule has 2 N–H and O–H groups in total. The second kappa shape index (κ2) is 7.16. The first-order chi connectivity index (χ1) is 11.3. The molecule has 7 heteroatoms. The summed E-state index contributed by atoms with van der Waals surface area (Å²) in [6.07, 6.45) is -4.41. The van der Waals surface area contributed by atoms with Crippen LogP contribution in [0.4, 0.5) is 24.5 Å². The Morgan fingerprint density at radius 2 is 1.67 bits per heavy atom. The zero-order chi connectivity index (χ0) is 17.7. The fraction of sp³-hybridized carbons (Fsp3) is 0.176. The number of anilines is 2. The Kier molecular flexibility index (Phi) is 5.23. The first-order valence-electron chi connectivity index (χ1n) is 7.08. The minimum Gasteiger partial charge on any atom is -0.376 e. The van der Waals surface area contributed by atoms with Crippen molar-refractivity contribution in [3.8, 4) is 0 Å². The second-order valence-electron chi connectivity index (χ2n) is 5.11. The Balaban J connectivity index is 1.92. The van der Waals surface area contributed by atoms with E-state index in [4.69, 9.17) is 0 Å². The maximum atomic E-state index is 12.5. The van der Waals surface area contributed by atoms with Gasteiger partial charge in [-0.2, -0.15) is 13.2 Å². The van der Waals surface area contributed by atoms with Crippen molar-refractivity contribution >= 4 is 23.1 Å². The number of hydrogen-bond acceptors (Lipinski definition) is 3. The largest absolute Gasteiger partial charge is 0.416 e. The number of carbonyl (C=O) groups is 2. The van der Waals surface area contributed by atoms with Crippen LogP contribution in [0.25, 0.3) is 0 Å². The molecule has 0 atom stereocenters. The quantitative estimate of drug-likeness (QED) is 0.813. The number of benzene rings is 2. The zero-order valence-electron chi connectivity index (χ0n) is 12.8. The van der Waals surface area contributed by atoms with E-state index in [1.807, 2.05) is 0 Å². The molecule has 126 valence electrons. The molecule has 1 amide bonds. The van der Waals surface area contributed by atoms with Gasteiger partial charge in [-0.15, -0.1) is 0 Å². The van der Waals surface area contributed by atoms with Crippen LogP contribution in [0, 0.1) is 0 Å². The molecule has 0 aliphatic heterocycles. The van der Waals surface area contributed by atoms with Gasteiger partial charge in [0.05, 0.1) is 12.1 Å². The maximum Gasteiger partial charge on any atom is 0.416 e. The van der Waals surface area contributed by atoms with E-state index in [1.165, 1.54) is 19.1 Å². The lowest BCUT2D eigenvalue weighted by molar-refractivity contribution is -0.137. The first-order valence-corrected chi connectivity index (χ1v) is 7.08. The molecule has 0 radical (unpaired) electrons. The molecule has 0 fully saturated rings. The average Bonchev–Trinajstić information content (AvgIpc) is 2.53. The molecule has 0 aliphatic rings. The molecule has 2 aromatic carbocycles. The van der Waals surface area contributed by atoms with Crippen LogP contribution in [0.2, 0.25) is 0 Å². The predicted molar refractivity (Wildman–Crippen MR) is 85.0 cm³/mol. The van der Waals surface area contributed by atoms with Gasteiger partial charge in [0.1, 0.15) is 0 Å². The summed E-state index contributed by atoms with van der Waals surface area (Å²) < 4.78 is 37.4. The number of amides is 1. The molecule has 2 aromatic rings. The number of nitrogens with one attached hydrogen (secondary N) is 2.